The first-order valence-electron chi connectivity index (χ1n) is 8.09. The van der Waals surface area contributed by atoms with Gasteiger partial charge in [-0.3, -0.25) is 9.69 Å². The van der Waals surface area contributed by atoms with Gasteiger partial charge < -0.3 is 10.1 Å². The number of anilines is 1. The van der Waals surface area contributed by atoms with Gasteiger partial charge in [0.25, 0.3) is 0 Å². The number of hydrogen-bond acceptors (Lipinski definition) is 3. The highest BCUT2D eigenvalue weighted by Gasteiger charge is 2.27. The first-order chi connectivity index (χ1) is 11.7. The van der Waals surface area contributed by atoms with Crippen molar-refractivity contribution in [1.82, 2.24) is 4.90 Å². The second kappa shape index (κ2) is 7.98. The first kappa shape index (κ1) is 17.2. The Morgan fingerprint density at radius 2 is 2.12 bits per heavy atom. The van der Waals surface area contributed by atoms with Crippen LogP contribution in [0, 0.1) is 3.57 Å². The number of benzene rings is 2. The molecule has 1 N–H and O–H groups in total. The van der Waals surface area contributed by atoms with Crippen LogP contribution in [0.3, 0.4) is 0 Å². The molecule has 0 radical (unpaired) electrons. The van der Waals surface area contributed by atoms with Crippen molar-refractivity contribution in [1.29, 1.82) is 0 Å². The highest BCUT2D eigenvalue weighted by atomic mass is 127. The van der Waals surface area contributed by atoms with Crippen molar-refractivity contribution in [2.24, 2.45) is 0 Å². The molecule has 126 valence electrons. The van der Waals surface area contributed by atoms with Crippen LogP contribution in [-0.4, -0.2) is 31.0 Å². The van der Waals surface area contributed by atoms with E-state index in [-0.39, 0.29) is 11.9 Å². The van der Waals surface area contributed by atoms with Crippen LogP contribution in [0.15, 0.2) is 48.5 Å². The summed E-state index contributed by atoms with van der Waals surface area (Å²) in [5.41, 5.74) is 2.07. The molecule has 1 amide bonds. The number of halogens is 1. The SMILES string of the molecule is COc1cccc(C2CCCN2CC(=O)Nc2cccc(I)c2)c1. The van der Waals surface area contributed by atoms with E-state index in [1.807, 2.05) is 36.4 Å². The van der Waals surface area contributed by atoms with Crippen LogP contribution < -0.4 is 10.1 Å². The standard InChI is InChI=1S/C19H21IN2O2/c1-24-17-8-2-5-14(11-17)18-9-4-10-22(18)13-19(23)21-16-7-3-6-15(20)12-16/h2-3,5-8,11-12,18H,4,9-10,13H2,1H3,(H,21,23). The minimum absolute atomic E-state index is 0.0341. The zero-order valence-electron chi connectivity index (χ0n) is 13.7. The molecule has 24 heavy (non-hydrogen) atoms. The van der Waals surface area contributed by atoms with Crippen molar-refractivity contribution in [3.8, 4) is 5.75 Å². The molecule has 4 nitrogen and oxygen atoms in total. The molecule has 0 bridgehead atoms. The third-order valence-corrected chi connectivity index (χ3v) is 4.97. The fraction of sp³-hybridized carbons (Fsp3) is 0.316. The van der Waals surface area contributed by atoms with E-state index in [9.17, 15) is 4.79 Å². The quantitative estimate of drug-likeness (QED) is 0.719. The molecule has 2 aromatic carbocycles. The normalized spacial score (nSPS) is 17.7. The molecule has 5 heteroatoms. The van der Waals surface area contributed by atoms with E-state index >= 15 is 0 Å². The van der Waals surface area contributed by atoms with Gasteiger partial charge in [-0.25, -0.2) is 0 Å². The van der Waals surface area contributed by atoms with Gasteiger partial charge in [-0.15, -0.1) is 0 Å². The molecular weight excluding hydrogens is 415 g/mol. The minimum atomic E-state index is 0.0341. The van der Waals surface area contributed by atoms with E-state index in [0.717, 1.165) is 34.4 Å². The van der Waals surface area contributed by atoms with Crippen LogP contribution in [0.4, 0.5) is 5.69 Å². The smallest absolute Gasteiger partial charge is 0.238 e. The van der Waals surface area contributed by atoms with Gasteiger partial charge in [0.15, 0.2) is 0 Å². The van der Waals surface area contributed by atoms with E-state index in [0.29, 0.717) is 6.54 Å². The maximum atomic E-state index is 12.4. The van der Waals surface area contributed by atoms with E-state index < -0.39 is 0 Å². The van der Waals surface area contributed by atoms with Gasteiger partial charge in [0.05, 0.1) is 13.7 Å². The second-order valence-electron chi connectivity index (χ2n) is 5.96. The number of hydrogen-bond donors (Lipinski definition) is 1. The number of carbonyl (C=O) groups is 1. The van der Waals surface area contributed by atoms with Gasteiger partial charge in [-0.2, -0.15) is 0 Å². The summed E-state index contributed by atoms with van der Waals surface area (Å²) >= 11 is 2.25. The molecule has 1 fully saturated rings. The maximum absolute atomic E-state index is 12.4. The minimum Gasteiger partial charge on any atom is -0.497 e. The summed E-state index contributed by atoms with van der Waals surface area (Å²) in [6.45, 7) is 1.36. The van der Waals surface area contributed by atoms with Gasteiger partial charge in [0.2, 0.25) is 5.91 Å². The zero-order valence-corrected chi connectivity index (χ0v) is 15.8. The lowest BCUT2D eigenvalue weighted by Gasteiger charge is -2.24. The van der Waals surface area contributed by atoms with Gasteiger partial charge in [-0.05, 0) is 77.9 Å². The van der Waals surface area contributed by atoms with Gasteiger partial charge in [0.1, 0.15) is 5.75 Å². The highest BCUT2D eigenvalue weighted by molar-refractivity contribution is 14.1. The Bertz CT molecular complexity index is 720. The number of amides is 1. The summed E-state index contributed by atoms with van der Waals surface area (Å²) in [6.07, 6.45) is 2.18. The maximum Gasteiger partial charge on any atom is 0.238 e. The van der Waals surface area contributed by atoms with Crippen LogP contribution in [-0.2, 0) is 4.79 Å². The van der Waals surface area contributed by atoms with Crippen molar-refractivity contribution in [3.05, 3.63) is 57.7 Å². The highest BCUT2D eigenvalue weighted by Crippen LogP contribution is 2.33. The van der Waals surface area contributed by atoms with Crippen molar-refractivity contribution >= 4 is 34.2 Å². The summed E-state index contributed by atoms with van der Waals surface area (Å²) in [5, 5.41) is 2.99. The van der Waals surface area contributed by atoms with Crippen LogP contribution in [0.1, 0.15) is 24.4 Å². The molecule has 0 aromatic heterocycles. The number of methoxy groups -OCH3 is 1. The molecule has 0 spiro atoms. The molecule has 1 aliphatic heterocycles. The van der Waals surface area contributed by atoms with Crippen molar-refractivity contribution < 1.29 is 9.53 Å². The number of nitrogens with one attached hydrogen (secondary N) is 1. The Labute approximate surface area is 156 Å². The molecular formula is C19H21IN2O2. The average Bonchev–Trinajstić information content (AvgIpc) is 3.03. The molecule has 1 aliphatic rings. The molecule has 3 rings (SSSR count). The van der Waals surface area contributed by atoms with E-state index in [1.54, 1.807) is 7.11 Å². The average molecular weight is 436 g/mol. The van der Waals surface area contributed by atoms with Crippen LogP contribution in [0.25, 0.3) is 0 Å². The predicted octanol–water partition coefficient (Wildman–Crippen LogP) is 4.08. The van der Waals surface area contributed by atoms with E-state index in [4.69, 9.17) is 4.74 Å². The third kappa shape index (κ3) is 4.27. The Hall–Kier alpha value is -1.60. The Balaban J connectivity index is 1.66. The fourth-order valence-corrected chi connectivity index (χ4v) is 3.74. The fourth-order valence-electron chi connectivity index (χ4n) is 3.19. The Kier molecular flexibility index (Phi) is 5.73. The van der Waals surface area contributed by atoms with Crippen molar-refractivity contribution in [2.75, 3.05) is 25.5 Å². The van der Waals surface area contributed by atoms with E-state index in [1.165, 1.54) is 5.56 Å². The zero-order chi connectivity index (χ0) is 16.9. The number of likely N-dealkylation sites (tertiary alicyclic amines) is 1. The topological polar surface area (TPSA) is 41.6 Å². The number of carbonyl (C=O) groups excluding carboxylic acids is 1. The predicted molar refractivity (Wildman–Crippen MR) is 104 cm³/mol. The van der Waals surface area contributed by atoms with Crippen molar-refractivity contribution in [3.63, 3.8) is 0 Å². The number of nitrogens with zero attached hydrogens (tertiary/aromatic N) is 1. The largest absolute Gasteiger partial charge is 0.497 e. The molecule has 1 saturated heterocycles. The lowest BCUT2D eigenvalue weighted by atomic mass is 10.0. The molecule has 0 aliphatic carbocycles. The molecule has 1 heterocycles. The van der Waals surface area contributed by atoms with E-state index in [2.05, 4.69) is 44.9 Å². The third-order valence-electron chi connectivity index (χ3n) is 4.30. The van der Waals surface area contributed by atoms with Gasteiger partial charge in [-0.1, -0.05) is 18.2 Å². The molecule has 1 atom stereocenters. The van der Waals surface area contributed by atoms with Gasteiger partial charge in [0, 0.05) is 15.3 Å². The van der Waals surface area contributed by atoms with Crippen LogP contribution in [0.5, 0.6) is 5.75 Å². The van der Waals surface area contributed by atoms with Gasteiger partial charge >= 0.3 is 0 Å². The van der Waals surface area contributed by atoms with Crippen LogP contribution >= 0.6 is 22.6 Å². The monoisotopic (exact) mass is 436 g/mol. The molecule has 2 aromatic rings. The second-order valence-corrected chi connectivity index (χ2v) is 7.21. The number of ether oxygens (including phenoxy) is 1. The summed E-state index contributed by atoms with van der Waals surface area (Å²) in [4.78, 5) is 14.6. The summed E-state index contributed by atoms with van der Waals surface area (Å²) in [7, 11) is 1.68. The summed E-state index contributed by atoms with van der Waals surface area (Å²) in [6, 6.07) is 16.3. The lowest BCUT2D eigenvalue weighted by Crippen LogP contribution is -2.32. The molecule has 0 saturated carbocycles. The van der Waals surface area contributed by atoms with Crippen molar-refractivity contribution in [2.45, 2.75) is 18.9 Å². The summed E-state index contributed by atoms with van der Waals surface area (Å²) < 4.78 is 6.43. The number of rotatable bonds is 5. The lowest BCUT2D eigenvalue weighted by molar-refractivity contribution is -0.117. The Morgan fingerprint density at radius 3 is 2.92 bits per heavy atom. The first-order valence-corrected chi connectivity index (χ1v) is 9.17. The molecule has 1 unspecified atom stereocenters. The summed E-state index contributed by atoms with van der Waals surface area (Å²) in [5.74, 6) is 0.898. The Morgan fingerprint density at radius 1 is 1.29 bits per heavy atom. The van der Waals surface area contributed by atoms with Crippen LogP contribution in [0.2, 0.25) is 0 Å².